The van der Waals surface area contributed by atoms with Crippen LogP contribution in [0.2, 0.25) is 0 Å². The second-order valence-corrected chi connectivity index (χ2v) is 5.82. The normalized spacial score (nSPS) is 18.5. The monoisotopic (exact) mass is 265 g/mol. The number of hydrogen-bond acceptors (Lipinski definition) is 2. The smallest absolute Gasteiger partial charge is 0.212 e. The van der Waals surface area contributed by atoms with Crippen molar-refractivity contribution in [1.29, 1.82) is 0 Å². The molecule has 0 aliphatic heterocycles. The van der Waals surface area contributed by atoms with Crippen molar-refractivity contribution in [3.8, 4) is 0 Å². The Morgan fingerprint density at radius 1 is 1.33 bits per heavy atom. The fourth-order valence-electron chi connectivity index (χ4n) is 1.21. The molecule has 0 saturated heterocycles. The van der Waals surface area contributed by atoms with Crippen molar-refractivity contribution < 1.29 is 21.6 Å². The molecule has 0 aromatic rings. The van der Waals surface area contributed by atoms with Gasteiger partial charge >= 0.3 is 6.18 Å². The predicted octanol–water partition coefficient (Wildman–Crippen LogP) is 1.58. The molecule has 0 radical (unpaired) electrons. The molecule has 0 heterocycles. The summed E-state index contributed by atoms with van der Waals surface area (Å²) in [7, 11) is -3.86. The van der Waals surface area contributed by atoms with Crippen LogP contribution in [0.1, 0.15) is 12.8 Å². The van der Waals surface area contributed by atoms with E-state index >= 15 is 0 Å². The fourth-order valence-corrected chi connectivity index (χ4v) is 3.23. The second-order valence-electron chi connectivity index (χ2n) is 3.40. The van der Waals surface area contributed by atoms with Crippen LogP contribution in [0.4, 0.5) is 13.2 Å². The Hall–Kier alpha value is -0.0100. The average Bonchev–Trinajstić information content (AvgIpc) is 2.80. The SMILES string of the molecule is O=S(=O)(CCCl)N(CC(F)(F)F)C1CC1. The summed E-state index contributed by atoms with van der Waals surface area (Å²) >= 11 is 5.24. The van der Waals surface area contributed by atoms with E-state index in [9.17, 15) is 21.6 Å². The van der Waals surface area contributed by atoms with Crippen molar-refractivity contribution in [2.75, 3.05) is 18.2 Å². The summed E-state index contributed by atoms with van der Waals surface area (Å²) in [4.78, 5) is 0. The first-order chi connectivity index (χ1) is 6.76. The zero-order valence-electron chi connectivity index (χ0n) is 7.80. The topological polar surface area (TPSA) is 37.4 Å². The molecule has 0 spiro atoms. The third-order valence-corrected chi connectivity index (χ3v) is 4.26. The van der Waals surface area contributed by atoms with Gasteiger partial charge in [0.1, 0.15) is 6.54 Å². The molecule has 1 rings (SSSR count). The zero-order valence-corrected chi connectivity index (χ0v) is 9.37. The molecule has 0 amide bonds. The summed E-state index contributed by atoms with van der Waals surface area (Å²) in [6.07, 6.45) is -3.50. The van der Waals surface area contributed by atoms with Gasteiger partial charge in [-0.2, -0.15) is 17.5 Å². The first kappa shape index (κ1) is 13.1. The molecule has 1 aliphatic carbocycles. The van der Waals surface area contributed by atoms with Gasteiger partial charge in [-0.1, -0.05) is 0 Å². The minimum absolute atomic E-state index is 0.191. The van der Waals surface area contributed by atoms with Gasteiger partial charge in [-0.25, -0.2) is 8.42 Å². The third-order valence-electron chi connectivity index (χ3n) is 1.98. The Morgan fingerprint density at radius 3 is 2.20 bits per heavy atom. The molecule has 0 bridgehead atoms. The van der Waals surface area contributed by atoms with Gasteiger partial charge in [0.25, 0.3) is 0 Å². The van der Waals surface area contributed by atoms with Crippen LogP contribution >= 0.6 is 11.6 Å². The van der Waals surface area contributed by atoms with Crippen molar-refractivity contribution in [2.45, 2.75) is 25.1 Å². The van der Waals surface area contributed by atoms with E-state index in [1.807, 2.05) is 0 Å². The maximum Gasteiger partial charge on any atom is 0.402 e. The van der Waals surface area contributed by atoms with Crippen LogP contribution < -0.4 is 0 Å². The van der Waals surface area contributed by atoms with Gasteiger partial charge in [0.15, 0.2) is 0 Å². The summed E-state index contributed by atoms with van der Waals surface area (Å²) in [6.45, 7) is -1.41. The standard InChI is InChI=1S/C7H11ClF3NO2S/c8-3-4-15(13,14)12(6-1-2-6)5-7(9,10)11/h6H,1-5H2. The van der Waals surface area contributed by atoms with Crippen LogP contribution in [0.25, 0.3) is 0 Å². The molecular formula is C7H11ClF3NO2S. The number of alkyl halides is 4. The molecule has 0 N–H and O–H groups in total. The van der Waals surface area contributed by atoms with Crippen LogP contribution in [-0.2, 0) is 10.0 Å². The molecule has 1 aliphatic rings. The zero-order chi connectivity index (χ0) is 11.7. The van der Waals surface area contributed by atoms with E-state index in [0.717, 1.165) is 0 Å². The van der Waals surface area contributed by atoms with E-state index in [2.05, 4.69) is 0 Å². The summed E-state index contributed by atoms with van der Waals surface area (Å²) in [5.41, 5.74) is 0. The average molecular weight is 266 g/mol. The van der Waals surface area contributed by atoms with Crippen LogP contribution in [0, 0.1) is 0 Å². The van der Waals surface area contributed by atoms with Crippen LogP contribution in [-0.4, -0.2) is 43.1 Å². The van der Waals surface area contributed by atoms with E-state index < -0.39 is 34.5 Å². The van der Waals surface area contributed by atoms with Crippen molar-refractivity contribution >= 4 is 21.6 Å². The van der Waals surface area contributed by atoms with Gasteiger partial charge in [0.05, 0.1) is 5.75 Å². The number of hydrogen-bond donors (Lipinski definition) is 0. The lowest BCUT2D eigenvalue weighted by Gasteiger charge is -2.22. The van der Waals surface area contributed by atoms with Crippen LogP contribution in [0.15, 0.2) is 0 Å². The van der Waals surface area contributed by atoms with E-state index in [0.29, 0.717) is 17.1 Å². The highest BCUT2D eigenvalue weighted by molar-refractivity contribution is 7.89. The predicted molar refractivity (Wildman–Crippen MR) is 50.3 cm³/mol. The summed E-state index contributed by atoms with van der Waals surface area (Å²) in [5.74, 6) is -0.634. The minimum Gasteiger partial charge on any atom is -0.212 e. The Kier molecular flexibility index (Phi) is 3.89. The van der Waals surface area contributed by atoms with Gasteiger partial charge in [-0.15, -0.1) is 11.6 Å². The van der Waals surface area contributed by atoms with E-state index in [1.54, 1.807) is 0 Å². The van der Waals surface area contributed by atoms with Crippen molar-refractivity contribution in [3.63, 3.8) is 0 Å². The Morgan fingerprint density at radius 2 is 1.87 bits per heavy atom. The van der Waals surface area contributed by atoms with Gasteiger partial charge in [0.2, 0.25) is 10.0 Å². The largest absolute Gasteiger partial charge is 0.402 e. The minimum atomic E-state index is -4.50. The highest BCUT2D eigenvalue weighted by atomic mass is 35.5. The first-order valence-electron chi connectivity index (χ1n) is 4.38. The summed E-state index contributed by atoms with van der Waals surface area (Å²) < 4.78 is 59.8. The number of rotatable bonds is 5. The second kappa shape index (κ2) is 4.47. The van der Waals surface area contributed by atoms with Gasteiger partial charge in [-0.3, -0.25) is 0 Å². The Bertz CT molecular complexity index is 313. The molecule has 1 fully saturated rings. The fraction of sp³-hybridized carbons (Fsp3) is 1.00. The van der Waals surface area contributed by atoms with Crippen molar-refractivity contribution in [3.05, 3.63) is 0 Å². The first-order valence-corrected chi connectivity index (χ1v) is 6.53. The molecule has 0 aromatic carbocycles. The molecule has 1 saturated carbocycles. The highest BCUT2D eigenvalue weighted by Gasteiger charge is 2.43. The lowest BCUT2D eigenvalue weighted by molar-refractivity contribution is -0.136. The number of sulfonamides is 1. The lowest BCUT2D eigenvalue weighted by Crippen LogP contribution is -2.41. The molecule has 15 heavy (non-hydrogen) atoms. The Balaban J connectivity index is 2.74. The molecule has 90 valence electrons. The lowest BCUT2D eigenvalue weighted by atomic mass is 10.6. The van der Waals surface area contributed by atoms with Gasteiger partial charge < -0.3 is 0 Å². The summed E-state index contributed by atoms with van der Waals surface area (Å²) in [6, 6.07) is -0.486. The molecule has 0 unspecified atom stereocenters. The molecule has 0 aromatic heterocycles. The number of nitrogens with zero attached hydrogens (tertiary/aromatic N) is 1. The van der Waals surface area contributed by atoms with E-state index in [4.69, 9.17) is 11.6 Å². The quantitative estimate of drug-likeness (QED) is 0.708. The van der Waals surface area contributed by atoms with E-state index in [-0.39, 0.29) is 5.88 Å². The van der Waals surface area contributed by atoms with Crippen molar-refractivity contribution in [1.82, 2.24) is 4.31 Å². The molecule has 0 atom stereocenters. The molecule has 3 nitrogen and oxygen atoms in total. The Labute approximate surface area is 91.2 Å². The van der Waals surface area contributed by atoms with Crippen molar-refractivity contribution in [2.24, 2.45) is 0 Å². The van der Waals surface area contributed by atoms with Gasteiger partial charge in [0, 0.05) is 11.9 Å². The van der Waals surface area contributed by atoms with Gasteiger partial charge in [-0.05, 0) is 12.8 Å². The maximum absolute atomic E-state index is 12.1. The van der Waals surface area contributed by atoms with Crippen LogP contribution in [0.3, 0.4) is 0 Å². The summed E-state index contributed by atoms with van der Waals surface area (Å²) in [5, 5.41) is 0. The highest BCUT2D eigenvalue weighted by Crippen LogP contribution is 2.32. The maximum atomic E-state index is 12.1. The third kappa shape index (κ3) is 4.16. The molecule has 8 heteroatoms. The molecular weight excluding hydrogens is 255 g/mol. The van der Waals surface area contributed by atoms with Crippen LogP contribution in [0.5, 0.6) is 0 Å². The number of halogens is 4. The van der Waals surface area contributed by atoms with E-state index in [1.165, 1.54) is 0 Å².